The molecule has 1 heterocycles. The average Bonchev–Trinajstić information content (AvgIpc) is 2.65. The lowest BCUT2D eigenvalue weighted by molar-refractivity contribution is -0.141. The number of rotatable bonds is 2. The van der Waals surface area contributed by atoms with E-state index in [2.05, 4.69) is 13.8 Å². The minimum absolute atomic E-state index is 0.0309. The number of hydrogen-bond donors (Lipinski definition) is 1. The van der Waals surface area contributed by atoms with Crippen molar-refractivity contribution >= 4 is 11.9 Å². The van der Waals surface area contributed by atoms with E-state index in [9.17, 15) is 9.59 Å². The summed E-state index contributed by atoms with van der Waals surface area (Å²) in [5.41, 5.74) is 0. The zero-order valence-electron chi connectivity index (χ0n) is 10.6. The highest BCUT2D eigenvalue weighted by Gasteiger charge is 2.41. The molecule has 2 rings (SSSR count). The Labute approximate surface area is 102 Å². The summed E-state index contributed by atoms with van der Waals surface area (Å²) in [7, 11) is 0. The van der Waals surface area contributed by atoms with E-state index in [1.807, 2.05) is 4.90 Å². The molecule has 2 fully saturated rings. The average molecular weight is 239 g/mol. The molecule has 0 radical (unpaired) electrons. The molecule has 1 saturated carbocycles. The predicted molar refractivity (Wildman–Crippen MR) is 63.4 cm³/mol. The van der Waals surface area contributed by atoms with E-state index in [0.717, 1.165) is 12.8 Å². The van der Waals surface area contributed by atoms with Gasteiger partial charge in [0.15, 0.2) is 0 Å². The second-order valence-corrected chi connectivity index (χ2v) is 5.62. The highest BCUT2D eigenvalue weighted by Crippen LogP contribution is 2.35. The molecule has 0 aromatic carbocycles. The summed E-state index contributed by atoms with van der Waals surface area (Å²) in [6.45, 7) is 4.83. The summed E-state index contributed by atoms with van der Waals surface area (Å²) in [5.74, 6) is -0.182. The van der Waals surface area contributed by atoms with E-state index in [1.54, 1.807) is 0 Å². The summed E-state index contributed by atoms with van der Waals surface area (Å²) in [4.78, 5) is 24.7. The number of nitrogens with zero attached hydrogens (tertiary/aromatic N) is 1. The maximum atomic E-state index is 11.9. The van der Waals surface area contributed by atoms with E-state index in [-0.39, 0.29) is 18.4 Å². The van der Waals surface area contributed by atoms with Crippen LogP contribution < -0.4 is 0 Å². The SMILES string of the molecule is C[C@@H]1[C@H](C)CCC[C@@H]1N1C[C@H](C(=O)O)CC1=O. The van der Waals surface area contributed by atoms with Crippen LogP contribution in [0, 0.1) is 17.8 Å². The van der Waals surface area contributed by atoms with Gasteiger partial charge >= 0.3 is 5.97 Å². The fourth-order valence-electron chi connectivity index (χ4n) is 3.21. The Bertz CT molecular complexity index is 329. The van der Waals surface area contributed by atoms with Crippen molar-refractivity contribution in [3.05, 3.63) is 0 Å². The summed E-state index contributed by atoms with van der Waals surface area (Å²) in [6.07, 6.45) is 3.59. The van der Waals surface area contributed by atoms with Gasteiger partial charge in [0, 0.05) is 19.0 Å². The van der Waals surface area contributed by atoms with Gasteiger partial charge in [-0.2, -0.15) is 0 Å². The van der Waals surface area contributed by atoms with Gasteiger partial charge in [0.05, 0.1) is 5.92 Å². The van der Waals surface area contributed by atoms with Crippen LogP contribution in [0.2, 0.25) is 0 Å². The molecule has 96 valence electrons. The largest absolute Gasteiger partial charge is 0.481 e. The van der Waals surface area contributed by atoms with Crippen LogP contribution in [0.3, 0.4) is 0 Å². The number of carboxylic acid groups (broad SMARTS) is 1. The lowest BCUT2D eigenvalue weighted by Gasteiger charge is -2.39. The second-order valence-electron chi connectivity index (χ2n) is 5.62. The first kappa shape index (κ1) is 12.4. The van der Waals surface area contributed by atoms with Gasteiger partial charge in [0.1, 0.15) is 0 Å². The van der Waals surface area contributed by atoms with E-state index < -0.39 is 11.9 Å². The number of carboxylic acids is 1. The van der Waals surface area contributed by atoms with Crippen molar-refractivity contribution in [3.8, 4) is 0 Å². The van der Waals surface area contributed by atoms with Gasteiger partial charge < -0.3 is 10.0 Å². The molecule has 0 aromatic rings. The molecule has 0 bridgehead atoms. The smallest absolute Gasteiger partial charge is 0.308 e. The third-order valence-corrected chi connectivity index (χ3v) is 4.57. The molecular weight excluding hydrogens is 218 g/mol. The molecule has 0 aromatic heterocycles. The Kier molecular flexibility index (Phi) is 3.40. The van der Waals surface area contributed by atoms with Crippen molar-refractivity contribution in [2.75, 3.05) is 6.54 Å². The van der Waals surface area contributed by atoms with Gasteiger partial charge in [-0.15, -0.1) is 0 Å². The third kappa shape index (κ3) is 2.31. The van der Waals surface area contributed by atoms with Gasteiger partial charge in [-0.05, 0) is 18.3 Å². The Morgan fingerprint density at radius 3 is 2.65 bits per heavy atom. The van der Waals surface area contributed by atoms with Crippen LogP contribution in [-0.4, -0.2) is 34.5 Å². The molecule has 17 heavy (non-hydrogen) atoms. The molecule has 1 amide bonds. The van der Waals surface area contributed by atoms with Crippen LogP contribution in [-0.2, 0) is 9.59 Å². The monoisotopic (exact) mass is 239 g/mol. The molecule has 4 heteroatoms. The van der Waals surface area contributed by atoms with Crippen LogP contribution in [0.1, 0.15) is 39.5 Å². The first-order valence-electron chi connectivity index (χ1n) is 6.53. The molecule has 1 N–H and O–H groups in total. The highest BCUT2D eigenvalue weighted by molar-refractivity contribution is 5.86. The zero-order chi connectivity index (χ0) is 12.6. The minimum atomic E-state index is -0.836. The molecule has 1 saturated heterocycles. The first-order valence-corrected chi connectivity index (χ1v) is 6.53. The quantitative estimate of drug-likeness (QED) is 0.798. The van der Waals surface area contributed by atoms with E-state index in [0.29, 0.717) is 18.4 Å². The summed E-state index contributed by atoms with van der Waals surface area (Å²) in [6, 6.07) is 0.260. The van der Waals surface area contributed by atoms with Gasteiger partial charge in [-0.25, -0.2) is 0 Å². The molecule has 0 spiro atoms. The predicted octanol–water partition coefficient (Wildman–Crippen LogP) is 1.74. The number of hydrogen-bond acceptors (Lipinski definition) is 2. The Morgan fingerprint density at radius 2 is 2.06 bits per heavy atom. The van der Waals surface area contributed by atoms with Crippen LogP contribution in [0.15, 0.2) is 0 Å². The first-order chi connectivity index (χ1) is 8.00. The third-order valence-electron chi connectivity index (χ3n) is 4.57. The lowest BCUT2D eigenvalue weighted by atomic mass is 9.77. The van der Waals surface area contributed by atoms with E-state index in [4.69, 9.17) is 5.11 Å². The molecule has 1 aliphatic heterocycles. The minimum Gasteiger partial charge on any atom is -0.481 e. The molecular formula is C13H21NO3. The fourth-order valence-corrected chi connectivity index (χ4v) is 3.21. The number of aliphatic carboxylic acids is 1. The van der Waals surface area contributed by atoms with E-state index >= 15 is 0 Å². The van der Waals surface area contributed by atoms with Gasteiger partial charge in [0.25, 0.3) is 0 Å². The van der Waals surface area contributed by atoms with Crippen molar-refractivity contribution < 1.29 is 14.7 Å². The topological polar surface area (TPSA) is 57.6 Å². The molecule has 2 aliphatic rings. The van der Waals surface area contributed by atoms with E-state index in [1.165, 1.54) is 6.42 Å². The lowest BCUT2D eigenvalue weighted by Crippen LogP contribution is -2.45. The maximum Gasteiger partial charge on any atom is 0.308 e. The molecule has 1 aliphatic carbocycles. The van der Waals surface area contributed by atoms with Crippen molar-refractivity contribution in [1.82, 2.24) is 4.90 Å². The summed E-state index contributed by atoms with van der Waals surface area (Å²) >= 11 is 0. The maximum absolute atomic E-state index is 11.9. The second kappa shape index (κ2) is 4.67. The molecule has 4 nitrogen and oxygen atoms in total. The van der Waals surface area contributed by atoms with Crippen LogP contribution >= 0.6 is 0 Å². The van der Waals surface area contributed by atoms with Crippen molar-refractivity contribution in [1.29, 1.82) is 0 Å². The Hall–Kier alpha value is -1.06. The summed E-state index contributed by atoms with van der Waals surface area (Å²) in [5, 5.41) is 8.99. The fraction of sp³-hybridized carbons (Fsp3) is 0.846. The number of carbonyl (C=O) groups is 2. The van der Waals surface area contributed by atoms with Crippen molar-refractivity contribution in [2.24, 2.45) is 17.8 Å². The van der Waals surface area contributed by atoms with Crippen molar-refractivity contribution in [2.45, 2.75) is 45.6 Å². The normalized spacial score (nSPS) is 38.5. The van der Waals surface area contributed by atoms with Crippen LogP contribution in [0.25, 0.3) is 0 Å². The van der Waals surface area contributed by atoms with Gasteiger partial charge in [-0.1, -0.05) is 26.7 Å². The van der Waals surface area contributed by atoms with Crippen LogP contribution in [0.5, 0.6) is 0 Å². The van der Waals surface area contributed by atoms with Crippen molar-refractivity contribution in [3.63, 3.8) is 0 Å². The Morgan fingerprint density at radius 1 is 1.35 bits per heavy atom. The Balaban J connectivity index is 2.07. The number of amides is 1. The standard InChI is InChI=1S/C13H21NO3/c1-8-4-3-5-11(9(8)2)14-7-10(13(16)17)6-12(14)15/h8-11H,3-7H2,1-2H3,(H,16,17)/t8-,9-,10-,11+/m1/s1. The van der Waals surface area contributed by atoms with Gasteiger partial charge in [-0.3, -0.25) is 9.59 Å². The highest BCUT2D eigenvalue weighted by atomic mass is 16.4. The number of likely N-dealkylation sites (tertiary alicyclic amines) is 1. The van der Waals surface area contributed by atoms with Crippen LogP contribution in [0.4, 0.5) is 0 Å². The summed E-state index contributed by atoms with van der Waals surface area (Å²) < 4.78 is 0. The molecule has 4 atom stereocenters. The van der Waals surface area contributed by atoms with Gasteiger partial charge in [0.2, 0.25) is 5.91 Å². The zero-order valence-corrected chi connectivity index (χ0v) is 10.6. The number of carbonyl (C=O) groups excluding carboxylic acids is 1. The molecule has 0 unspecified atom stereocenters.